The summed E-state index contributed by atoms with van der Waals surface area (Å²) in [5.74, 6) is -0.731. The van der Waals surface area contributed by atoms with Crippen molar-refractivity contribution in [3.05, 3.63) is 101 Å². The van der Waals surface area contributed by atoms with Crippen LogP contribution in [0.5, 0.6) is 0 Å². The Morgan fingerprint density at radius 1 is 0.950 bits per heavy atom. The van der Waals surface area contributed by atoms with Crippen molar-refractivity contribution < 1.29 is 14.4 Å². The minimum atomic E-state index is -0.833. The molecule has 40 heavy (non-hydrogen) atoms. The van der Waals surface area contributed by atoms with Gasteiger partial charge in [-0.2, -0.15) is 0 Å². The van der Waals surface area contributed by atoms with Gasteiger partial charge in [0.05, 0.1) is 12.6 Å². The first-order valence-electron chi connectivity index (χ1n) is 14.0. The summed E-state index contributed by atoms with van der Waals surface area (Å²) in [5, 5.41) is 9.01. The summed E-state index contributed by atoms with van der Waals surface area (Å²) in [4.78, 5) is 42.4. The molecule has 3 amide bonds. The molecular weight excluding hydrogens is 502 g/mol. The fourth-order valence-electron chi connectivity index (χ4n) is 5.86. The standard InChI is InChI=1S/C32H37N5O3/c1-34-19-30(38)35-28(17-21-13-15-25(33)16-14-21)32(40)37-20-24-9-3-2-8-23(24)18-29(37)31(39)36-27-12-6-10-22-7-4-5-11-26(22)27/h2-5,7-9,11,13-16,27-29,34H,6,10,12,17-20,33H2,1H3,(H,35,38)(H,36,39)/t27-,28?,29?/m1/s1. The Balaban J connectivity index is 1.43. The lowest BCUT2D eigenvalue weighted by Crippen LogP contribution is -2.59. The molecule has 1 aliphatic heterocycles. The lowest BCUT2D eigenvalue weighted by atomic mass is 9.87. The fraction of sp³-hybridized carbons (Fsp3) is 0.344. The topological polar surface area (TPSA) is 117 Å². The lowest BCUT2D eigenvalue weighted by molar-refractivity contribution is -0.144. The van der Waals surface area contributed by atoms with Crippen molar-refractivity contribution in [2.75, 3.05) is 19.3 Å². The average Bonchev–Trinajstić information content (AvgIpc) is 2.97. The monoisotopic (exact) mass is 539 g/mol. The van der Waals surface area contributed by atoms with E-state index >= 15 is 0 Å². The van der Waals surface area contributed by atoms with Crippen molar-refractivity contribution in [1.29, 1.82) is 0 Å². The van der Waals surface area contributed by atoms with Gasteiger partial charge >= 0.3 is 0 Å². The number of likely N-dealkylation sites (N-methyl/N-ethyl adjacent to an activating group) is 1. The van der Waals surface area contributed by atoms with Crippen molar-refractivity contribution in [3.8, 4) is 0 Å². The Labute approximate surface area is 235 Å². The van der Waals surface area contributed by atoms with Gasteiger partial charge in [0.2, 0.25) is 17.7 Å². The second-order valence-electron chi connectivity index (χ2n) is 10.7. The molecule has 8 nitrogen and oxygen atoms in total. The van der Waals surface area contributed by atoms with E-state index in [9.17, 15) is 14.4 Å². The maximum absolute atomic E-state index is 14.2. The first-order chi connectivity index (χ1) is 19.4. The third-order valence-corrected chi connectivity index (χ3v) is 7.91. The van der Waals surface area contributed by atoms with Gasteiger partial charge in [0.25, 0.3) is 0 Å². The number of nitrogen functional groups attached to an aromatic ring is 1. The van der Waals surface area contributed by atoms with Crippen LogP contribution in [0.4, 0.5) is 5.69 Å². The number of hydrogen-bond donors (Lipinski definition) is 4. The summed E-state index contributed by atoms with van der Waals surface area (Å²) < 4.78 is 0. The highest BCUT2D eigenvalue weighted by Crippen LogP contribution is 2.31. The molecule has 3 aromatic rings. The first kappa shape index (κ1) is 27.4. The highest BCUT2D eigenvalue weighted by molar-refractivity contribution is 5.93. The number of carbonyl (C=O) groups excluding carboxylic acids is 3. The van der Waals surface area contributed by atoms with Crippen molar-refractivity contribution in [2.45, 2.75) is 56.8 Å². The molecule has 0 radical (unpaired) electrons. The van der Waals surface area contributed by atoms with E-state index in [-0.39, 0.29) is 36.7 Å². The van der Waals surface area contributed by atoms with E-state index < -0.39 is 12.1 Å². The molecule has 0 fully saturated rings. The van der Waals surface area contributed by atoms with Crippen LogP contribution >= 0.6 is 0 Å². The summed E-state index contributed by atoms with van der Waals surface area (Å²) >= 11 is 0. The summed E-state index contributed by atoms with van der Waals surface area (Å²) in [5.41, 5.74) is 11.8. The molecule has 8 heteroatoms. The van der Waals surface area contributed by atoms with E-state index in [0.29, 0.717) is 18.7 Å². The summed E-state index contributed by atoms with van der Waals surface area (Å²) in [7, 11) is 1.68. The number of anilines is 1. The van der Waals surface area contributed by atoms with Crippen LogP contribution in [0.15, 0.2) is 72.8 Å². The highest BCUT2D eigenvalue weighted by atomic mass is 16.2. The van der Waals surface area contributed by atoms with Crippen LogP contribution in [-0.2, 0) is 40.2 Å². The predicted molar refractivity (Wildman–Crippen MR) is 155 cm³/mol. The van der Waals surface area contributed by atoms with Crippen molar-refractivity contribution in [3.63, 3.8) is 0 Å². The van der Waals surface area contributed by atoms with Gasteiger partial charge in [-0.15, -0.1) is 0 Å². The van der Waals surface area contributed by atoms with Gasteiger partial charge in [-0.3, -0.25) is 14.4 Å². The molecule has 0 bridgehead atoms. The molecule has 1 heterocycles. The minimum Gasteiger partial charge on any atom is -0.399 e. The van der Waals surface area contributed by atoms with Gasteiger partial charge in [-0.25, -0.2) is 0 Å². The zero-order chi connectivity index (χ0) is 28.1. The lowest BCUT2D eigenvalue weighted by Gasteiger charge is -2.39. The molecule has 2 unspecified atom stereocenters. The van der Waals surface area contributed by atoms with Gasteiger partial charge < -0.3 is 26.6 Å². The smallest absolute Gasteiger partial charge is 0.246 e. The molecule has 0 aromatic heterocycles. The molecule has 0 spiro atoms. The fourth-order valence-corrected chi connectivity index (χ4v) is 5.86. The number of rotatable bonds is 8. The van der Waals surface area contributed by atoms with Crippen LogP contribution in [0, 0.1) is 0 Å². The number of carbonyl (C=O) groups is 3. The number of fused-ring (bicyclic) bond motifs is 2. The number of nitrogens with one attached hydrogen (secondary N) is 3. The molecular formula is C32H37N5O3. The van der Waals surface area contributed by atoms with Crippen molar-refractivity contribution in [2.24, 2.45) is 0 Å². The Kier molecular flexibility index (Phi) is 8.45. The summed E-state index contributed by atoms with van der Waals surface area (Å²) in [6.07, 6.45) is 3.57. The van der Waals surface area contributed by atoms with Gasteiger partial charge in [0.15, 0.2) is 0 Å². The SMILES string of the molecule is CNCC(=O)NC(Cc1ccc(N)cc1)C(=O)N1Cc2ccccc2CC1C(=O)N[C@@H]1CCCc2ccccc21. The number of nitrogens with two attached hydrogens (primary N) is 1. The van der Waals surface area contributed by atoms with E-state index in [0.717, 1.165) is 41.5 Å². The third-order valence-electron chi connectivity index (χ3n) is 7.91. The van der Waals surface area contributed by atoms with Crippen molar-refractivity contribution in [1.82, 2.24) is 20.9 Å². The molecule has 0 saturated heterocycles. The van der Waals surface area contributed by atoms with E-state index in [2.05, 4.69) is 28.1 Å². The average molecular weight is 540 g/mol. The van der Waals surface area contributed by atoms with E-state index in [1.54, 1.807) is 24.1 Å². The number of nitrogens with zero attached hydrogens (tertiary/aromatic N) is 1. The largest absolute Gasteiger partial charge is 0.399 e. The van der Waals surface area contributed by atoms with Crippen molar-refractivity contribution >= 4 is 23.4 Å². The van der Waals surface area contributed by atoms with Crippen LogP contribution in [0.1, 0.15) is 46.7 Å². The first-order valence-corrected chi connectivity index (χ1v) is 14.0. The number of benzene rings is 3. The summed E-state index contributed by atoms with van der Waals surface area (Å²) in [6, 6.07) is 21.8. The maximum atomic E-state index is 14.2. The normalized spacial score (nSPS) is 18.7. The Morgan fingerprint density at radius 2 is 1.65 bits per heavy atom. The van der Waals surface area contributed by atoms with Gasteiger partial charge in [-0.05, 0) is 66.3 Å². The molecule has 5 rings (SSSR count). The van der Waals surface area contributed by atoms with Gasteiger partial charge in [-0.1, -0.05) is 60.7 Å². The predicted octanol–water partition coefficient (Wildman–Crippen LogP) is 2.66. The van der Waals surface area contributed by atoms with E-state index in [1.165, 1.54) is 5.56 Å². The highest BCUT2D eigenvalue weighted by Gasteiger charge is 2.39. The quantitative estimate of drug-likeness (QED) is 0.329. The van der Waals surface area contributed by atoms with Crippen LogP contribution in [0.2, 0.25) is 0 Å². The second-order valence-corrected chi connectivity index (χ2v) is 10.7. The number of amides is 3. The van der Waals surface area contributed by atoms with E-state index in [1.807, 2.05) is 48.5 Å². The molecule has 5 N–H and O–H groups in total. The zero-order valence-corrected chi connectivity index (χ0v) is 22.9. The molecule has 0 saturated carbocycles. The van der Waals surface area contributed by atoms with Crippen LogP contribution in [0.3, 0.4) is 0 Å². The minimum absolute atomic E-state index is 0.0827. The molecule has 3 aromatic carbocycles. The van der Waals surface area contributed by atoms with Crippen LogP contribution in [0.25, 0.3) is 0 Å². The zero-order valence-electron chi connectivity index (χ0n) is 22.9. The van der Waals surface area contributed by atoms with Crippen LogP contribution in [-0.4, -0.2) is 48.3 Å². The Morgan fingerprint density at radius 3 is 2.40 bits per heavy atom. The second kappa shape index (κ2) is 12.3. The number of hydrogen-bond acceptors (Lipinski definition) is 5. The Hall–Kier alpha value is -4.17. The van der Waals surface area contributed by atoms with Crippen LogP contribution < -0.4 is 21.7 Å². The van der Waals surface area contributed by atoms with Gasteiger partial charge in [0.1, 0.15) is 12.1 Å². The van der Waals surface area contributed by atoms with E-state index in [4.69, 9.17) is 5.73 Å². The molecule has 2 aliphatic rings. The molecule has 1 aliphatic carbocycles. The maximum Gasteiger partial charge on any atom is 0.246 e. The molecule has 3 atom stereocenters. The summed E-state index contributed by atoms with van der Waals surface area (Å²) in [6.45, 7) is 0.383. The number of aryl methyl sites for hydroxylation is 1. The molecule has 208 valence electrons. The Bertz CT molecular complexity index is 1370. The van der Waals surface area contributed by atoms with Gasteiger partial charge in [0, 0.05) is 25.1 Å². The third kappa shape index (κ3) is 6.18.